The average Bonchev–Trinajstić information content (AvgIpc) is 2.95. The van der Waals surface area contributed by atoms with Crippen LogP contribution in [0.4, 0.5) is 11.4 Å². The third kappa shape index (κ3) is 16.5. The van der Waals surface area contributed by atoms with E-state index >= 15 is 0 Å². The third-order valence-corrected chi connectivity index (χ3v) is 7.71. The molecule has 0 aliphatic carbocycles. The van der Waals surface area contributed by atoms with E-state index in [1.54, 1.807) is 6.07 Å². The Kier molecular flexibility index (Phi) is 18.6. The summed E-state index contributed by atoms with van der Waals surface area (Å²) in [6.45, 7) is 4.25. The van der Waals surface area contributed by atoms with Crippen molar-refractivity contribution in [2.45, 2.75) is 142 Å². The Morgan fingerprint density at radius 1 is 0.550 bits per heavy atom. The zero-order valence-corrected chi connectivity index (χ0v) is 25.6. The molecular formula is C36H56N2O2. The maximum Gasteiger partial charge on any atom is 0.255 e. The Bertz CT molecular complexity index is 938. The van der Waals surface area contributed by atoms with Crippen molar-refractivity contribution >= 4 is 23.2 Å². The lowest BCUT2D eigenvalue weighted by Crippen LogP contribution is -2.13. The minimum Gasteiger partial charge on any atom is -0.326 e. The quantitative estimate of drug-likeness (QED) is 0.136. The van der Waals surface area contributed by atoms with Gasteiger partial charge in [0.25, 0.3) is 5.91 Å². The van der Waals surface area contributed by atoms with Gasteiger partial charge in [-0.25, -0.2) is 0 Å². The summed E-state index contributed by atoms with van der Waals surface area (Å²) in [6.07, 6.45) is 26.3. The predicted molar refractivity (Wildman–Crippen MR) is 172 cm³/mol. The van der Waals surface area contributed by atoms with Crippen LogP contribution in [-0.4, -0.2) is 11.8 Å². The second-order valence-electron chi connectivity index (χ2n) is 11.6. The van der Waals surface area contributed by atoms with Crippen LogP contribution < -0.4 is 10.6 Å². The van der Waals surface area contributed by atoms with E-state index in [1.165, 1.54) is 109 Å². The van der Waals surface area contributed by atoms with Crippen molar-refractivity contribution in [3.8, 4) is 0 Å². The SMILES string of the molecule is CCCCCCCCCCCCCCCCCCCCCC(=O)Nc1ccc(NC(=O)c2cccc(C)c2)cc1. The van der Waals surface area contributed by atoms with Crippen LogP contribution in [0, 0.1) is 6.92 Å². The fraction of sp³-hybridized carbons (Fsp3) is 0.611. The zero-order chi connectivity index (χ0) is 28.7. The summed E-state index contributed by atoms with van der Waals surface area (Å²) in [7, 11) is 0. The molecule has 4 nitrogen and oxygen atoms in total. The van der Waals surface area contributed by atoms with Gasteiger partial charge in [0.05, 0.1) is 0 Å². The molecule has 0 saturated carbocycles. The molecule has 4 heteroatoms. The van der Waals surface area contributed by atoms with Crippen LogP contribution >= 0.6 is 0 Å². The molecule has 2 aromatic rings. The Morgan fingerprint density at radius 2 is 0.975 bits per heavy atom. The highest BCUT2D eigenvalue weighted by atomic mass is 16.2. The molecule has 0 heterocycles. The van der Waals surface area contributed by atoms with E-state index in [1.807, 2.05) is 49.4 Å². The number of benzene rings is 2. The summed E-state index contributed by atoms with van der Waals surface area (Å²) in [5.41, 5.74) is 3.16. The lowest BCUT2D eigenvalue weighted by molar-refractivity contribution is -0.116. The molecule has 0 aromatic heterocycles. The number of anilines is 2. The van der Waals surface area contributed by atoms with Crippen molar-refractivity contribution in [2.24, 2.45) is 0 Å². The molecule has 0 saturated heterocycles. The zero-order valence-electron chi connectivity index (χ0n) is 25.6. The summed E-state index contributed by atoms with van der Waals surface area (Å²) >= 11 is 0. The van der Waals surface area contributed by atoms with Crippen LogP contribution in [0.25, 0.3) is 0 Å². The number of aryl methyl sites for hydroxylation is 1. The molecule has 222 valence electrons. The van der Waals surface area contributed by atoms with E-state index < -0.39 is 0 Å². The number of hydrogen-bond donors (Lipinski definition) is 2. The summed E-state index contributed by atoms with van der Waals surface area (Å²) in [5.74, 6) is -0.0756. The topological polar surface area (TPSA) is 58.2 Å². The fourth-order valence-corrected chi connectivity index (χ4v) is 5.21. The highest BCUT2D eigenvalue weighted by molar-refractivity contribution is 6.04. The Hall–Kier alpha value is -2.62. The van der Waals surface area contributed by atoms with E-state index in [0.29, 0.717) is 17.7 Å². The monoisotopic (exact) mass is 548 g/mol. The highest BCUT2D eigenvalue weighted by Crippen LogP contribution is 2.17. The summed E-state index contributed by atoms with van der Waals surface area (Å²) in [6, 6.07) is 14.8. The van der Waals surface area contributed by atoms with Gasteiger partial charge in [-0.15, -0.1) is 0 Å². The summed E-state index contributed by atoms with van der Waals surface area (Å²) in [4.78, 5) is 24.7. The fourth-order valence-electron chi connectivity index (χ4n) is 5.21. The Balaban J connectivity index is 1.39. The largest absolute Gasteiger partial charge is 0.326 e. The molecule has 0 aliphatic heterocycles. The molecular weight excluding hydrogens is 492 g/mol. The molecule has 40 heavy (non-hydrogen) atoms. The van der Waals surface area contributed by atoms with Gasteiger partial charge in [0, 0.05) is 23.4 Å². The first-order chi connectivity index (χ1) is 19.6. The second-order valence-corrected chi connectivity index (χ2v) is 11.6. The number of rotatable bonds is 23. The Labute approximate surface area is 245 Å². The molecule has 2 N–H and O–H groups in total. The molecule has 2 amide bonds. The third-order valence-electron chi connectivity index (χ3n) is 7.71. The smallest absolute Gasteiger partial charge is 0.255 e. The normalized spacial score (nSPS) is 10.9. The standard InChI is InChI=1S/C36H56N2O2/c1-3-4-5-6-7-8-9-10-11-12-13-14-15-16-17-18-19-20-21-25-35(39)37-33-26-28-34(29-27-33)38-36(40)32-24-22-23-31(2)30-32/h22-24,26-30H,3-21,25H2,1-2H3,(H,37,39)(H,38,40). The maximum absolute atomic E-state index is 12.4. The van der Waals surface area contributed by atoms with Crippen LogP contribution in [0.1, 0.15) is 151 Å². The predicted octanol–water partition coefficient (Wildman–Crippen LogP) is 11.0. The first-order valence-electron chi connectivity index (χ1n) is 16.4. The first kappa shape index (κ1) is 33.6. The second kappa shape index (κ2) is 22.1. The van der Waals surface area contributed by atoms with Crippen molar-refractivity contribution in [2.75, 3.05) is 10.6 Å². The van der Waals surface area contributed by atoms with Gasteiger partial charge in [-0.1, -0.05) is 140 Å². The van der Waals surface area contributed by atoms with E-state index in [0.717, 1.165) is 24.1 Å². The van der Waals surface area contributed by atoms with E-state index in [9.17, 15) is 9.59 Å². The molecule has 0 spiro atoms. The van der Waals surface area contributed by atoms with E-state index in [4.69, 9.17) is 0 Å². The van der Waals surface area contributed by atoms with Gasteiger partial charge in [0.15, 0.2) is 0 Å². The summed E-state index contributed by atoms with van der Waals surface area (Å²) in [5, 5.41) is 5.87. The molecule has 0 unspecified atom stereocenters. The number of carbonyl (C=O) groups is 2. The number of carbonyl (C=O) groups excluding carboxylic acids is 2. The van der Waals surface area contributed by atoms with Crippen LogP contribution in [-0.2, 0) is 4.79 Å². The highest BCUT2D eigenvalue weighted by Gasteiger charge is 2.07. The summed E-state index contributed by atoms with van der Waals surface area (Å²) < 4.78 is 0. The number of amides is 2. The van der Waals surface area contributed by atoms with Crippen molar-refractivity contribution in [3.05, 3.63) is 59.7 Å². The lowest BCUT2D eigenvalue weighted by atomic mass is 10.0. The van der Waals surface area contributed by atoms with Crippen LogP contribution in [0.3, 0.4) is 0 Å². The van der Waals surface area contributed by atoms with E-state index in [-0.39, 0.29) is 11.8 Å². The van der Waals surface area contributed by atoms with Crippen molar-refractivity contribution < 1.29 is 9.59 Å². The van der Waals surface area contributed by atoms with Crippen molar-refractivity contribution in [3.63, 3.8) is 0 Å². The van der Waals surface area contributed by atoms with E-state index in [2.05, 4.69) is 17.6 Å². The molecule has 2 rings (SSSR count). The minimum absolute atomic E-state index is 0.0588. The number of nitrogens with one attached hydrogen (secondary N) is 2. The molecule has 0 fully saturated rings. The van der Waals surface area contributed by atoms with Gasteiger partial charge in [-0.3, -0.25) is 9.59 Å². The van der Waals surface area contributed by atoms with Gasteiger partial charge in [-0.05, 0) is 49.7 Å². The maximum atomic E-state index is 12.4. The molecule has 0 aliphatic rings. The molecule has 0 atom stereocenters. The first-order valence-corrected chi connectivity index (χ1v) is 16.4. The molecule has 2 aromatic carbocycles. The van der Waals surface area contributed by atoms with Crippen molar-refractivity contribution in [1.82, 2.24) is 0 Å². The van der Waals surface area contributed by atoms with Crippen LogP contribution in [0.5, 0.6) is 0 Å². The molecule has 0 bridgehead atoms. The number of hydrogen-bond acceptors (Lipinski definition) is 2. The average molecular weight is 549 g/mol. The Morgan fingerprint density at radius 3 is 1.43 bits per heavy atom. The lowest BCUT2D eigenvalue weighted by Gasteiger charge is -2.08. The van der Waals surface area contributed by atoms with Gasteiger partial charge in [-0.2, -0.15) is 0 Å². The van der Waals surface area contributed by atoms with Gasteiger partial charge < -0.3 is 10.6 Å². The van der Waals surface area contributed by atoms with Crippen molar-refractivity contribution in [1.29, 1.82) is 0 Å². The van der Waals surface area contributed by atoms with Gasteiger partial charge in [0.1, 0.15) is 0 Å². The van der Waals surface area contributed by atoms with Gasteiger partial charge >= 0.3 is 0 Å². The van der Waals surface area contributed by atoms with Crippen LogP contribution in [0.15, 0.2) is 48.5 Å². The van der Waals surface area contributed by atoms with Gasteiger partial charge in [0.2, 0.25) is 5.91 Å². The molecule has 0 radical (unpaired) electrons. The number of unbranched alkanes of at least 4 members (excludes halogenated alkanes) is 18. The minimum atomic E-state index is -0.134. The van der Waals surface area contributed by atoms with Crippen LogP contribution in [0.2, 0.25) is 0 Å².